The first-order valence-electron chi connectivity index (χ1n) is 13.8. The number of rotatable bonds is 10. The third kappa shape index (κ3) is 6.59. The van der Waals surface area contributed by atoms with Crippen LogP contribution in [0.4, 0.5) is 8.78 Å². The Labute approximate surface area is 257 Å². The molecule has 1 aliphatic rings. The van der Waals surface area contributed by atoms with E-state index in [1.165, 1.54) is 24.5 Å². The molecule has 2 aromatic carbocycles. The Morgan fingerprint density at radius 2 is 1.84 bits per heavy atom. The summed E-state index contributed by atoms with van der Waals surface area (Å²) < 4.78 is 64.7. The molecule has 2 aromatic heterocycles. The molecule has 44 heavy (non-hydrogen) atoms. The molecule has 5 rings (SSSR count). The predicted octanol–water partition coefficient (Wildman–Crippen LogP) is 4.98. The van der Waals surface area contributed by atoms with Crippen LogP contribution in [0.3, 0.4) is 0 Å². The molecule has 0 radical (unpaired) electrons. The highest BCUT2D eigenvalue weighted by Crippen LogP contribution is 2.36. The Morgan fingerprint density at radius 1 is 1.11 bits per heavy atom. The molecule has 1 amide bonds. The van der Waals surface area contributed by atoms with E-state index in [0.29, 0.717) is 4.88 Å². The minimum absolute atomic E-state index is 0.00892. The summed E-state index contributed by atoms with van der Waals surface area (Å²) in [5.41, 5.74) is -0.585. The van der Waals surface area contributed by atoms with E-state index in [1.54, 1.807) is 16.4 Å². The number of nitrogens with zero attached hydrogens (tertiary/aromatic N) is 3. The summed E-state index contributed by atoms with van der Waals surface area (Å²) in [5.74, 6) is -2.03. The van der Waals surface area contributed by atoms with Crippen molar-refractivity contribution in [2.24, 2.45) is 0 Å². The van der Waals surface area contributed by atoms with Gasteiger partial charge in [0.15, 0.2) is 11.4 Å². The molecule has 0 saturated heterocycles. The van der Waals surface area contributed by atoms with Gasteiger partial charge in [-0.1, -0.05) is 36.4 Å². The summed E-state index contributed by atoms with van der Waals surface area (Å²) in [6.45, 7) is 5.16. The fraction of sp³-hybridized carbons (Fsp3) is 0.323. The number of hydrogen-bond donors (Lipinski definition) is 0. The van der Waals surface area contributed by atoms with Crippen LogP contribution in [0.5, 0.6) is 5.75 Å². The van der Waals surface area contributed by atoms with Gasteiger partial charge >= 0.3 is 0 Å². The van der Waals surface area contributed by atoms with Crippen LogP contribution in [-0.2, 0) is 32.9 Å². The van der Waals surface area contributed by atoms with Gasteiger partial charge in [0.1, 0.15) is 23.2 Å². The fourth-order valence-electron chi connectivity index (χ4n) is 5.02. The number of hydrogen-bond acceptors (Lipinski definition) is 8. The van der Waals surface area contributed by atoms with Gasteiger partial charge in [0.25, 0.3) is 16.0 Å². The van der Waals surface area contributed by atoms with Crippen LogP contribution in [0.15, 0.2) is 65.7 Å². The zero-order valence-corrected chi connectivity index (χ0v) is 26.2. The van der Waals surface area contributed by atoms with Gasteiger partial charge in [-0.15, -0.1) is 11.3 Å². The molecular weight excluding hydrogens is 612 g/mol. The van der Waals surface area contributed by atoms with Crippen molar-refractivity contribution >= 4 is 27.4 Å². The number of amides is 1. The molecular formula is C31H31F2N3O6S2. The molecule has 232 valence electrons. The van der Waals surface area contributed by atoms with Crippen LogP contribution in [-0.4, -0.2) is 54.2 Å². The highest BCUT2D eigenvalue weighted by atomic mass is 32.2. The topological polar surface area (TPSA) is 108 Å². The first-order chi connectivity index (χ1) is 20.8. The quantitative estimate of drug-likeness (QED) is 0.225. The molecule has 3 heterocycles. The Hall–Kier alpha value is -3.94. The lowest BCUT2D eigenvalue weighted by atomic mass is 9.95. The summed E-state index contributed by atoms with van der Waals surface area (Å²) in [4.78, 5) is 34.6. The van der Waals surface area contributed by atoms with Crippen molar-refractivity contribution in [3.05, 3.63) is 104 Å². The molecule has 1 unspecified atom stereocenters. The number of carbonyl (C=O) groups excluding carboxylic acids is 1. The normalized spacial score (nSPS) is 16.8. The number of carbonyl (C=O) groups is 1. The maximum atomic E-state index is 14.3. The molecule has 0 fully saturated rings. The van der Waals surface area contributed by atoms with Crippen LogP contribution >= 0.6 is 11.3 Å². The van der Waals surface area contributed by atoms with Gasteiger partial charge in [0, 0.05) is 42.3 Å². The number of fused-ring (bicyclic) bond motifs is 1. The van der Waals surface area contributed by atoms with Crippen molar-refractivity contribution in [3.8, 4) is 16.3 Å². The smallest absolute Gasteiger partial charge is 0.274 e. The molecule has 0 spiro atoms. The van der Waals surface area contributed by atoms with E-state index in [0.717, 1.165) is 29.2 Å². The van der Waals surface area contributed by atoms with E-state index >= 15 is 0 Å². The lowest BCUT2D eigenvalue weighted by Crippen LogP contribution is -2.57. The molecule has 0 aliphatic carbocycles. The summed E-state index contributed by atoms with van der Waals surface area (Å²) in [7, 11) is -3.85. The number of benzene rings is 2. The van der Waals surface area contributed by atoms with E-state index in [9.17, 15) is 26.8 Å². The second-order valence-corrected chi connectivity index (χ2v) is 14.0. The Bertz CT molecular complexity index is 1870. The van der Waals surface area contributed by atoms with E-state index < -0.39 is 38.6 Å². The standard InChI is InChI=1S/C31H31F2N3O6S2/c1-19(2)35-17-31(3,18-42-44(4,39)40)36-15-24(29-34-14-23(43-29)12-21-10-11-22(32)13-25(21)33)27(37)28(26(36)30(35)38)41-16-20-8-6-5-7-9-20/h5-11,13-15,19H,12,16-18H2,1-4H3. The highest BCUT2D eigenvalue weighted by molar-refractivity contribution is 7.85. The largest absolute Gasteiger partial charge is 0.483 e. The summed E-state index contributed by atoms with van der Waals surface area (Å²) in [6, 6.07) is 12.2. The van der Waals surface area contributed by atoms with Crippen molar-refractivity contribution in [1.29, 1.82) is 0 Å². The third-order valence-corrected chi connectivity index (χ3v) is 8.89. The van der Waals surface area contributed by atoms with Crippen molar-refractivity contribution < 1.29 is 30.9 Å². The van der Waals surface area contributed by atoms with Crippen LogP contribution in [0.25, 0.3) is 10.6 Å². The van der Waals surface area contributed by atoms with Crippen LogP contribution in [0.2, 0.25) is 0 Å². The highest BCUT2D eigenvalue weighted by Gasteiger charge is 2.44. The summed E-state index contributed by atoms with van der Waals surface area (Å²) in [6.07, 6.45) is 4.05. The van der Waals surface area contributed by atoms with Gasteiger partial charge in [0.05, 0.1) is 24.0 Å². The number of thiazole rings is 1. The lowest BCUT2D eigenvalue weighted by molar-refractivity contribution is 0.0387. The van der Waals surface area contributed by atoms with Crippen molar-refractivity contribution in [3.63, 3.8) is 0 Å². The van der Waals surface area contributed by atoms with Crippen LogP contribution < -0.4 is 10.2 Å². The monoisotopic (exact) mass is 643 g/mol. The summed E-state index contributed by atoms with van der Waals surface area (Å²) in [5, 5.41) is 0.289. The zero-order valence-electron chi connectivity index (χ0n) is 24.5. The van der Waals surface area contributed by atoms with Crippen molar-refractivity contribution in [2.75, 3.05) is 19.4 Å². The maximum absolute atomic E-state index is 14.3. The number of halogens is 2. The fourth-order valence-corrected chi connectivity index (χ4v) is 6.43. The number of ether oxygens (including phenoxy) is 1. The first-order valence-corrected chi connectivity index (χ1v) is 16.4. The summed E-state index contributed by atoms with van der Waals surface area (Å²) >= 11 is 1.14. The van der Waals surface area contributed by atoms with Gasteiger partial charge < -0.3 is 14.2 Å². The Morgan fingerprint density at radius 3 is 2.50 bits per heavy atom. The predicted molar refractivity (Wildman–Crippen MR) is 162 cm³/mol. The van der Waals surface area contributed by atoms with E-state index in [1.807, 2.05) is 44.2 Å². The van der Waals surface area contributed by atoms with Gasteiger partial charge in [-0.05, 0) is 38.0 Å². The second-order valence-electron chi connectivity index (χ2n) is 11.2. The molecule has 9 nitrogen and oxygen atoms in total. The minimum atomic E-state index is -3.85. The van der Waals surface area contributed by atoms with Crippen molar-refractivity contribution in [1.82, 2.24) is 14.5 Å². The van der Waals surface area contributed by atoms with E-state index in [-0.39, 0.29) is 59.8 Å². The third-order valence-electron chi connectivity index (χ3n) is 7.32. The van der Waals surface area contributed by atoms with Crippen molar-refractivity contribution in [2.45, 2.75) is 45.4 Å². The Kier molecular flexibility index (Phi) is 8.74. The molecule has 0 N–H and O–H groups in total. The molecule has 4 aromatic rings. The van der Waals surface area contributed by atoms with Gasteiger partial charge in [-0.25, -0.2) is 13.8 Å². The van der Waals surface area contributed by atoms with Crippen LogP contribution in [0.1, 0.15) is 47.3 Å². The molecule has 0 saturated carbocycles. The average Bonchev–Trinajstić information content (AvgIpc) is 3.43. The maximum Gasteiger partial charge on any atom is 0.274 e. The first kappa shape index (κ1) is 31.5. The number of pyridine rings is 1. The van der Waals surface area contributed by atoms with Gasteiger partial charge in [-0.3, -0.25) is 13.8 Å². The molecule has 1 aliphatic heterocycles. The van der Waals surface area contributed by atoms with Crippen LogP contribution in [0, 0.1) is 11.6 Å². The Balaban J connectivity index is 1.66. The molecule has 13 heteroatoms. The second kappa shape index (κ2) is 12.2. The van der Waals surface area contributed by atoms with Gasteiger partial charge in [0.2, 0.25) is 5.43 Å². The zero-order chi connectivity index (χ0) is 31.8. The molecule has 0 bridgehead atoms. The average molecular weight is 644 g/mol. The SMILES string of the molecule is CC(C)N1CC(C)(COS(C)(=O)=O)n2cc(-c3ncc(Cc4ccc(F)cc4F)s3)c(=O)c(OCc3ccccc3)c2C1=O. The minimum Gasteiger partial charge on any atom is -0.483 e. The molecule has 1 atom stereocenters. The van der Waals surface area contributed by atoms with E-state index in [4.69, 9.17) is 8.92 Å². The van der Waals surface area contributed by atoms with Gasteiger partial charge in [-0.2, -0.15) is 8.42 Å². The lowest BCUT2D eigenvalue weighted by Gasteiger charge is -2.45. The number of aromatic nitrogens is 2. The van der Waals surface area contributed by atoms with E-state index in [2.05, 4.69) is 4.98 Å².